The van der Waals surface area contributed by atoms with Crippen LogP contribution >= 0.6 is 0 Å². The van der Waals surface area contributed by atoms with Gasteiger partial charge in [-0.3, -0.25) is 0 Å². The average molecular weight is 241 g/mol. The Kier molecular flexibility index (Phi) is 3.00. The third-order valence-electron chi connectivity index (χ3n) is 2.96. The van der Waals surface area contributed by atoms with Crippen LogP contribution in [0.3, 0.4) is 0 Å². The van der Waals surface area contributed by atoms with Crippen molar-refractivity contribution in [1.82, 2.24) is 0 Å². The van der Waals surface area contributed by atoms with Crippen molar-refractivity contribution in [2.45, 2.75) is 18.8 Å². The number of carbonyl (C=O) groups is 1. The Morgan fingerprint density at radius 2 is 1.82 bits per heavy atom. The number of alkyl halides is 2. The van der Waals surface area contributed by atoms with Crippen molar-refractivity contribution in [3.8, 4) is 0 Å². The van der Waals surface area contributed by atoms with Gasteiger partial charge in [0, 0.05) is 18.8 Å². The van der Waals surface area contributed by atoms with E-state index in [2.05, 4.69) is 0 Å². The maximum Gasteiger partial charge on any atom is 0.379 e. The molecule has 0 saturated carbocycles. The van der Waals surface area contributed by atoms with Crippen LogP contribution in [-0.2, 0) is 10.7 Å². The summed E-state index contributed by atoms with van der Waals surface area (Å²) in [7, 11) is 0. The van der Waals surface area contributed by atoms with Crippen molar-refractivity contribution in [2.24, 2.45) is 0 Å². The maximum atomic E-state index is 13.6. The van der Waals surface area contributed by atoms with Crippen LogP contribution in [0.4, 0.5) is 14.5 Å². The fourth-order valence-corrected chi connectivity index (χ4v) is 2.09. The third-order valence-corrected chi connectivity index (χ3v) is 2.96. The van der Waals surface area contributed by atoms with E-state index in [9.17, 15) is 13.6 Å². The Balaban J connectivity index is 2.43. The topological polar surface area (TPSA) is 40.5 Å². The van der Waals surface area contributed by atoms with Crippen LogP contribution in [0.25, 0.3) is 0 Å². The second-order valence-corrected chi connectivity index (χ2v) is 4.09. The fourth-order valence-electron chi connectivity index (χ4n) is 2.09. The molecule has 1 aromatic carbocycles. The summed E-state index contributed by atoms with van der Waals surface area (Å²) < 4.78 is 27.1. The Bertz CT molecular complexity index is 428. The number of carboxylic acids is 1. The highest BCUT2D eigenvalue weighted by Gasteiger charge is 2.43. The fraction of sp³-hybridized carbons (Fsp3) is 0.417. The molecule has 2 rings (SSSR count). The number of benzene rings is 1. The highest BCUT2D eigenvalue weighted by Crippen LogP contribution is 2.36. The first-order valence-corrected chi connectivity index (χ1v) is 5.49. The first kappa shape index (κ1) is 11.8. The number of hydrogen-bond acceptors (Lipinski definition) is 2. The lowest BCUT2D eigenvalue weighted by molar-refractivity contribution is -0.166. The predicted molar refractivity (Wildman–Crippen MR) is 59.4 cm³/mol. The number of anilines is 1. The molecule has 5 heteroatoms. The maximum absolute atomic E-state index is 13.6. The Morgan fingerprint density at radius 1 is 1.24 bits per heavy atom. The van der Waals surface area contributed by atoms with Crippen LogP contribution in [-0.4, -0.2) is 24.2 Å². The van der Waals surface area contributed by atoms with Gasteiger partial charge in [0.05, 0.1) is 5.56 Å². The van der Waals surface area contributed by atoms with Crippen molar-refractivity contribution in [1.29, 1.82) is 0 Å². The molecule has 1 aromatic rings. The van der Waals surface area contributed by atoms with Crippen LogP contribution in [0.2, 0.25) is 0 Å². The van der Waals surface area contributed by atoms with Gasteiger partial charge in [0.2, 0.25) is 0 Å². The summed E-state index contributed by atoms with van der Waals surface area (Å²) in [6.07, 6.45) is 1.90. The molecular formula is C12H13F2NO2. The van der Waals surface area contributed by atoms with E-state index in [-0.39, 0.29) is 0 Å². The van der Waals surface area contributed by atoms with E-state index in [1.165, 1.54) is 12.1 Å². The minimum Gasteiger partial charge on any atom is -0.477 e. The molecule has 0 atom stereocenters. The van der Waals surface area contributed by atoms with E-state index in [1.54, 1.807) is 12.1 Å². The highest BCUT2D eigenvalue weighted by molar-refractivity contribution is 5.80. The zero-order valence-electron chi connectivity index (χ0n) is 9.20. The van der Waals surface area contributed by atoms with Crippen molar-refractivity contribution in [2.75, 3.05) is 18.0 Å². The molecule has 1 aliphatic heterocycles. The SMILES string of the molecule is O=C(O)C(F)(F)c1ccccc1N1CCCC1. The van der Waals surface area contributed by atoms with Crippen LogP contribution in [0.1, 0.15) is 18.4 Å². The molecule has 17 heavy (non-hydrogen) atoms. The van der Waals surface area contributed by atoms with E-state index >= 15 is 0 Å². The Labute approximate surface area is 97.7 Å². The molecular weight excluding hydrogens is 228 g/mol. The lowest BCUT2D eigenvalue weighted by Crippen LogP contribution is -2.29. The van der Waals surface area contributed by atoms with E-state index in [0.717, 1.165) is 12.8 Å². The number of nitrogens with zero attached hydrogens (tertiary/aromatic N) is 1. The lowest BCUT2D eigenvalue weighted by atomic mass is 10.1. The van der Waals surface area contributed by atoms with Gasteiger partial charge >= 0.3 is 11.9 Å². The molecule has 0 bridgehead atoms. The van der Waals surface area contributed by atoms with Gasteiger partial charge in [0.25, 0.3) is 0 Å². The smallest absolute Gasteiger partial charge is 0.379 e. The molecule has 0 unspecified atom stereocenters. The number of halogens is 2. The largest absolute Gasteiger partial charge is 0.477 e. The Morgan fingerprint density at radius 3 is 2.41 bits per heavy atom. The number of aliphatic carboxylic acids is 1. The zero-order chi connectivity index (χ0) is 12.5. The highest BCUT2D eigenvalue weighted by atomic mass is 19.3. The number of carboxylic acid groups (broad SMARTS) is 1. The minimum atomic E-state index is -3.83. The summed E-state index contributed by atoms with van der Waals surface area (Å²) in [5, 5.41) is 8.59. The zero-order valence-corrected chi connectivity index (χ0v) is 9.20. The van der Waals surface area contributed by atoms with Gasteiger partial charge < -0.3 is 10.0 Å². The normalized spacial score (nSPS) is 16.2. The van der Waals surface area contributed by atoms with Crippen LogP contribution < -0.4 is 4.90 Å². The second kappa shape index (κ2) is 4.31. The summed E-state index contributed by atoms with van der Waals surface area (Å²) in [4.78, 5) is 12.4. The molecule has 1 saturated heterocycles. The quantitative estimate of drug-likeness (QED) is 0.883. The molecule has 1 heterocycles. The van der Waals surface area contributed by atoms with Gasteiger partial charge in [-0.2, -0.15) is 8.78 Å². The molecule has 0 amide bonds. The predicted octanol–water partition coefficient (Wildman–Crippen LogP) is 2.46. The molecule has 0 radical (unpaired) electrons. The van der Waals surface area contributed by atoms with Crippen LogP contribution in [0.15, 0.2) is 24.3 Å². The lowest BCUT2D eigenvalue weighted by Gasteiger charge is -2.23. The number of para-hydroxylation sites is 1. The molecule has 0 spiro atoms. The first-order chi connectivity index (χ1) is 8.03. The molecule has 0 aliphatic carbocycles. The van der Waals surface area contributed by atoms with Crippen LogP contribution in [0, 0.1) is 0 Å². The Hall–Kier alpha value is -1.65. The van der Waals surface area contributed by atoms with Gasteiger partial charge in [-0.15, -0.1) is 0 Å². The molecule has 0 aromatic heterocycles. The standard InChI is InChI=1S/C12H13F2NO2/c13-12(14,11(16)17)9-5-1-2-6-10(9)15-7-3-4-8-15/h1-2,5-6H,3-4,7-8H2,(H,16,17). The van der Waals surface area contributed by atoms with Gasteiger partial charge in [-0.05, 0) is 18.9 Å². The van der Waals surface area contributed by atoms with E-state index in [4.69, 9.17) is 5.11 Å². The number of hydrogen-bond donors (Lipinski definition) is 1. The van der Waals surface area contributed by atoms with Gasteiger partial charge in [-0.25, -0.2) is 4.79 Å². The first-order valence-electron chi connectivity index (χ1n) is 5.49. The second-order valence-electron chi connectivity index (χ2n) is 4.09. The van der Waals surface area contributed by atoms with Gasteiger partial charge in [0.1, 0.15) is 0 Å². The van der Waals surface area contributed by atoms with E-state index < -0.39 is 17.5 Å². The molecule has 1 N–H and O–H groups in total. The van der Waals surface area contributed by atoms with E-state index in [1.807, 2.05) is 4.90 Å². The van der Waals surface area contributed by atoms with Crippen molar-refractivity contribution < 1.29 is 18.7 Å². The summed E-state index contributed by atoms with van der Waals surface area (Å²) in [6, 6.07) is 5.82. The molecule has 1 aliphatic rings. The molecule has 92 valence electrons. The summed E-state index contributed by atoms with van der Waals surface area (Å²) in [5.74, 6) is -5.94. The third kappa shape index (κ3) is 2.09. The summed E-state index contributed by atoms with van der Waals surface area (Å²) >= 11 is 0. The molecule has 3 nitrogen and oxygen atoms in total. The monoisotopic (exact) mass is 241 g/mol. The molecule has 1 fully saturated rings. The summed E-state index contributed by atoms with van der Waals surface area (Å²) in [6.45, 7) is 1.40. The van der Waals surface area contributed by atoms with Crippen LogP contribution in [0.5, 0.6) is 0 Å². The minimum absolute atomic E-state index is 0.331. The van der Waals surface area contributed by atoms with Gasteiger partial charge in [-0.1, -0.05) is 18.2 Å². The average Bonchev–Trinajstić information content (AvgIpc) is 2.82. The number of rotatable bonds is 3. The van der Waals surface area contributed by atoms with E-state index in [0.29, 0.717) is 18.8 Å². The van der Waals surface area contributed by atoms with Crippen molar-refractivity contribution in [3.05, 3.63) is 29.8 Å². The van der Waals surface area contributed by atoms with Crippen molar-refractivity contribution in [3.63, 3.8) is 0 Å². The van der Waals surface area contributed by atoms with Gasteiger partial charge in [0.15, 0.2) is 0 Å². The van der Waals surface area contributed by atoms with Crippen molar-refractivity contribution >= 4 is 11.7 Å². The summed E-state index contributed by atoms with van der Waals surface area (Å²) in [5.41, 5.74) is -0.0909.